The maximum Gasteiger partial charge on any atom is 0.243 e. The Hall–Kier alpha value is -1.39. The molecule has 1 aromatic carbocycles. The minimum atomic E-state index is 0.238. The topological polar surface area (TPSA) is 51.0 Å². The van der Waals surface area contributed by atoms with Crippen LogP contribution in [0.1, 0.15) is 29.7 Å². The van der Waals surface area contributed by atoms with E-state index in [0.717, 1.165) is 23.6 Å². The molecule has 4 nitrogen and oxygen atoms in total. The number of rotatable bonds is 3. The Morgan fingerprint density at radius 2 is 2.24 bits per heavy atom. The Morgan fingerprint density at radius 3 is 2.94 bits per heavy atom. The van der Waals surface area contributed by atoms with Crippen LogP contribution in [0.15, 0.2) is 28.8 Å². The molecule has 0 bridgehead atoms. The number of aromatic nitrogens is 2. The highest BCUT2D eigenvalue weighted by Crippen LogP contribution is 2.22. The molecule has 1 fully saturated rings. The summed E-state index contributed by atoms with van der Waals surface area (Å²) in [6.07, 6.45) is 1.67. The number of benzene rings is 1. The second-order valence-corrected chi connectivity index (χ2v) is 4.52. The Bertz CT molecular complexity index is 522. The fraction of sp³-hybridized carbons (Fsp3) is 0.333. The van der Waals surface area contributed by atoms with Crippen LogP contribution in [0.3, 0.4) is 0 Å². The first-order valence-corrected chi connectivity index (χ1v) is 6.00. The Morgan fingerprint density at radius 1 is 1.41 bits per heavy atom. The van der Waals surface area contributed by atoms with Crippen molar-refractivity contribution in [2.24, 2.45) is 0 Å². The monoisotopic (exact) mass is 249 g/mol. The van der Waals surface area contributed by atoms with Crippen LogP contribution in [0.2, 0.25) is 5.02 Å². The molecule has 0 saturated carbocycles. The molecule has 3 rings (SSSR count). The highest BCUT2D eigenvalue weighted by atomic mass is 35.5. The van der Waals surface area contributed by atoms with Crippen molar-refractivity contribution in [2.75, 3.05) is 6.54 Å². The number of halogens is 1. The predicted molar refractivity (Wildman–Crippen MR) is 63.9 cm³/mol. The molecule has 0 aliphatic carbocycles. The van der Waals surface area contributed by atoms with E-state index < -0.39 is 0 Å². The molecule has 88 valence electrons. The van der Waals surface area contributed by atoms with Crippen molar-refractivity contribution in [1.29, 1.82) is 0 Å². The summed E-state index contributed by atoms with van der Waals surface area (Å²) >= 11 is 6.08. The zero-order valence-electron chi connectivity index (χ0n) is 9.19. The molecule has 1 N–H and O–H groups in total. The van der Waals surface area contributed by atoms with E-state index in [2.05, 4.69) is 15.5 Å². The molecule has 0 spiro atoms. The lowest BCUT2D eigenvalue weighted by Gasteiger charge is -2.23. The Labute approximate surface area is 104 Å². The summed E-state index contributed by atoms with van der Waals surface area (Å²) in [6, 6.07) is 7.94. The van der Waals surface area contributed by atoms with Gasteiger partial charge in [0, 0.05) is 11.4 Å². The van der Waals surface area contributed by atoms with Gasteiger partial charge in [-0.1, -0.05) is 35.0 Å². The van der Waals surface area contributed by atoms with Crippen molar-refractivity contribution in [3.05, 3.63) is 46.6 Å². The van der Waals surface area contributed by atoms with Gasteiger partial charge in [0.15, 0.2) is 5.82 Å². The molecule has 0 radical (unpaired) electrons. The van der Waals surface area contributed by atoms with Crippen LogP contribution in [0.25, 0.3) is 0 Å². The highest BCUT2D eigenvalue weighted by molar-refractivity contribution is 6.31. The maximum atomic E-state index is 6.08. The molecule has 1 aromatic heterocycles. The van der Waals surface area contributed by atoms with Crippen LogP contribution in [-0.2, 0) is 6.42 Å². The van der Waals surface area contributed by atoms with Crippen LogP contribution < -0.4 is 5.32 Å². The fourth-order valence-corrected chi connectivity index (χ4v) is 1.99. The van der Waals surface area contributed by atoms with E-state index in [1.165, 1.54) is 0 Å². The standard InChI is InChI=1S/C12H12ClN3O/c13-9-4-2-1-3-8(9)7-11-15-12(17-16-11)10-5-6-14-10/h1-4,10,14H,5-7H2/t10-/m1/s1. The first kappa shape index (κ1) is 10.7. The Kier molecular flexibility index (Phi) is 2.82. The normalized spacial score (nSPS) is 19.0. The van der Waals surface area contributed by atoms with Gasteiger partial charge in [0.2, 0.25) is 5.89 Å². The van der Waals surface area contributed by atoms with Crippen molar-refractivity contribution in [2.45, 2.75) is 18.9 Å². The van der Waals surface area contributed by atoms with Crippen molar-refractivity contribution in [3.63, 3.8) is 0 Å². The maximum absolute atomic E-state index is 6.08. The molecule has 1 aliphatic rings. The first-order valence-electron chi connectivity index (χ1n) is 5.62. The molecule has 1 atom stereocenters. The first-order chi connectivity index (χ1) is 8.33. The van der Waals surface area contributed by atoms with E-state index >= 15 is 0 Å². The SMILES string of the molecule is Clc1ccccc1Cc1noc([C@H]2CCN2)n1. The molecule has 2 aromatic rings. The number of nitrogens with one attached hydrogen (secondary N) is 1. The summed E-state index contributed by atoms with van der Waals surface area (Å²) in [5, 5.41) is 7.94. The van der Waals surface area contributed by atoms with Gasteiger partial charge in [-0.2, -0.15) is 4.98 Å². The van der Waals surface area contributed by atoms with Crippen LogP contribution in [0.5, 0.6) is 0 Å². The van der Waals surface area contributed by atoms with Gasteiger partial charge in [-0.25, -0.2) is 0 Å². The van der Waals surface area contributed by atoms with Gasteiger partial charge in [0.1, 0.15) is 0 Å². The second-order valence-electron chi connectivity index (χ2n) is 4.11. The summed E-state index contributed by atoms with van der Waals surface area (Å²) in [6.45, 7) is 1.02. The van der Waals surface area contributed by atoms with Gasteiger partial charge >= 0.3 is 0 Å². The van der Waals surface area contributed by atoms with E-state index in [4.69, 9.17) is 16.1 Å². The lowest BCUT2D eigenvalue weighted by atomic mass is 10.1. The van der Waals surface area contributed by atoms with Crippen LogP contribution in [0, 0.1) is 0 Å². The van der Waals surface area contributed by atoms with E-state index in [1.54, 1.807) is 0 Å². The zero-order chi connectivity index (χ0) is 11.7. The van der Waals surface area contributed by atoms with Gasteiger partial charge in [0.25, 0.3) is 0 Å². The van der Waals surface area contributed by atoms with E-state index in [0.29, 0.717) is 18.1 Å². The van der Waals surface area contributed by atoms with Gasteiger partial charge in [-0.15, -0.1) is 0 Å². The summed E-state index contributed by atoms with van der Waals surface area (Å²) in [7, 11) is 0. The smallest absolute Gasteiger partial charge is 0.243 e. The molecular formula is C12H12ClN3O. The van der Waals surface area contributed by atoms with E-state index in [-0.39, 0.29) is 6.04 Å². The van der Waals surface area contributed by atoms with Crippen LogP contribution in [-0.4, -0.2) is 16.7 Å². The summed E-state index contributed by atoms with van der Waals surface area (Å²) in [5.41, 5.74) is 1.02. The highest BCUT2D eigenvalue weighted by Gasteiger charge is 2.24. The van der Waals surface area contributed by atoms with Crippen molar-refractivity contribution < 1.29 is 4.52 Å². The van der Waals surface area contributed by atoms with Crippen molar-refractivity contribution in [1.82, 2.24) is 15.5 Å². The minimum Gasteiger partial charge on any atom is -0.338 e. The predicted octanol–water partition coefficient (Wildman–Crippen LogP) is 2.35. The summed E-state index contributed by atoms with van der Waals surface area (Å²) in [4.78, 5) is 4.37. The summed E-state index contributed by atoms with van der Waals surface area (Å²) in [5.74, 6) is 1.36. The van der Waals surface area contributed by atoms with Crippen LogP contribution in [0.4, 0.5) is 0 Å². The number of hydrogen-bond donors (Lipinski definition) is 1. The van der Waals surface area contributed by atoms with Gasteiger partial charge in [0.05, 0.1) is 6.04 Å². The lowest BCUT2D eigenvalue weighted by molar-refractivity contribution is 0.272. The van der Waals surface area contributed by atoms with E-state index in [9.17, 15) is 0 Å². The fourth-order valence-electron chi connectivity index (χ4n) is 1.79. The van der Waals surface area contributed by atoms with Gasteiger partial charge < -0.3 is 9.84 Å². The van der Waals surface area contributed by atoms with Crippen LogP contribution >= 0.6 is 11.6 Å². The molecule has 2 heterocycles. The molecule has 1 saturated heterocycles. The number of hydrogen-bond acceptors (Lipinski definition) is 4. The van der Waals surface area contributed by atoms with Gasteiger partial charge in [-0.05, 0) is 24.6 Å². The molecule has 0 unspecified atom stereocenters. The van der Waals surface area contributed by atoms with Crippen molar-refractivity contribution in [3.8, 4) is 0 Å². The summed E-state index contributed by atoms with van der Waals surface area (Å²) < 4.78 is 5.21. The van der Waals surface area contributed by atoms with E-state index in [1.807, 2.05) is 24.3 Å². The minimum absolute atomic E-state index is 0.238. The molecular weight excluding hydrogens is 238 g/mol. The largest absolute Gasteiger partial charge is 0.338 e. The van der Waals surface area contributed by atoms with Gasteiger partial charge in [-0.3, -0.25) is 0 Å². The Balaban J connectivity index is 1.76. The molecule has 0 amide bonds. The average Bonchev–Trinajstić information content (AvgIpc) is 2.67. The third-order valence-corrected chi connectivity index (χ3v) is 3.28. The average molecular weight is 250 g/mol. The quantitative estimate of drug-likeness (QED) is 0.907. The second kappa shape index (κ2) is 4.47. The lowest BCUT2D eigenvalue weighted by Crippen LogP contribution is -2.35. The van der Waals surface area contributed by atoms with Crippen molar-refractivity contribution >= 4 is 11.6 Å². The molecule has 1 aliphatic heterocycles. The zero-order valence-corrected chi connectivity index (χ0v) is 9.94. The third-order valence-electron chi connectivity index (χ3n) is 2.91. The molecule has 5 heteroatoms. The molecule has 17 heavy (non-hydrogen) atoms. The third kappa shape index (κ3) is 2.18. The number of nitrogens with zero attached hydrogens (tertiary/aromatic N) is 2.